The Kier molecular flexibility index (Phi) is 8.74. The second-order valence-electron chi connectivity index (χ2n) is 4.88. The van der Waals surface area contributed by atoms with Crippen molar-refractivity contribution in [3.8, 4) is 0 Å². The predicted octanol–water partition coefficient (Wildman–Crippen LogP) is -1.12. The van der Waals surface area contributed by atoms with Gasteiger partial charge in [-0.25, -0.2) is 9.59 Å². The van der Waals surface area contributed by atoms with Crippen molar-refractivity contribution in [1.29, 1.82) is 0 Å². The van der Waals surface area contributed by atoms with Gasteiger partial charge in [-0.2, -0.15) is 0 Å². The number of rotatable bonds is 9. The lowest BCUT2D eigenvalue weighted by Crippen LogP contribution is -2.56. The lowest BCUT2D eigenvalue weighted by atomic mass is 10.0. The maximum Gasteiger partial charge on any atom is 0.349 e. The van der Waals surface area contributed by atoms with Crippen LogP contribution in [0.15, 0.2) is 0 Å². The van der Waals surface area contributed by atoms with Crippen LogP contribution in [-0.4, -0.2) is 70.4 Å². The van der Waals surface area contributed by atoms with E-state index in [1.807, 2.05) is 0 Å². The molecular formula is C14H18O12. The molecule has 0 amide bonds. The summed E-state index contributed by atoms with van der Waals surface area (Å²) in [6.45, 7) is 3.41. The number of carbonyl (C=O) groups is 6. The molecule has 0 aromatic rings. The van der Waals surface area contributed by atoms with Gasteiger partial charge in [-0.1, -0.05) is 0 Å². The van der Waals surface area contributed by atoms with E-state index in [1.165, 1.54) is 0 Å². The first kappa shape index (κ1) is 22.8. The van der Waals surface area contributed by atoms with Crippen molar-refractivity contribution in [3.63, 3.8) is 0 Å². The maximum atomic E-state index is 11.4. The van der Waals surface area contributed by atoms with Crippen molar-refractivity contribution in [2.75, 3.05) is 0 Å². The molecule has 0 saturated carbocycles. The molecule has 12 heteroatoms. The molecule has 0 aliphatic carbocycles. The van der Waals surface area contributed by atoms with E-state index < -0.39 is 60.2 Å². The summed E-state index contributed by atoms with van der Waals surface area (Å²) < 4.78 is 18.5. The van der Waals surface area contributed by atoms with Crippen LogP contribution in [0, 0.1) is 0 Å². The van der Waals surface area contributed by atoms with Crippen molar-refractivity contribution in [3.05, 3.63) is 0 Å². The summed E-state index contributed by atoms with van der Waals surface area (Å²) in [7, 11) is 0. The van der Waals surface area contributed by atoms with Crippen LogP contribution >= 0.6 is 0 Å². The van der Waals surface area contributed by atoms with Crippen molar-refractivity contribution in [2.24, 2.45) is 0 Å². The highest BCUT2D eigenvalue weighted by atomic mass is 16.6. The van der Waals surface area contributed by atoms with Gasteiger partial charge in [0.2, 0.25) is 12.2 Å². The molecule has 0 rings (SSSR count). The van der Waals surface area contributed by atoms with Gasteiger partial charge in [-0.05, 0) is 0 Å². The Hall–Kier alpha value is -3.18. The number of aliphatic carboxylic acids is 2. The quantitative estimate of drug-likeness (QED) is 0.365. The van der Waals surface area contributed by atoms with E-state index in [-0.39, 0.29) is 0 Å². The van der Waals surface area contributed by atoms with E-state index in [0.29, 0.717) is 0 Å². The number of hydrogen-bond acceptors (Lipinski definition) is 10. The fourth-order valence-corrected chi connectivity index (χ4v) is 1.86. The monoisotopic (exact) mass is 378 g/mol. The summed E-state index contributed by atoms with van der Waals surface area (Å²) in [4.78, 5) is 67.7. The number of carboxylic acids is 2. The standard InChI is InChI=1S/C14H18O12/c1-5(15)23-9(11(13(19)20)25-7(3)17)10(24-6(2)16)12(14(21)22)26-8(4)18/h9-12H,1-4H3,(H,19,20)(H,21,22)/t9-,10+,11-,12-/m1/s1. The first-order chi connectivity index (χ1) is 11.9. The van der Waals surface area contributed by atoms with Gasteiger partial charge < -0.3 is 29.2 Å². The average molecular weight is 378 g/mol. The van der Waals surface area contributed by atoms with Crippen molar-refractivity contribution >= 4 is 35.8 Å². The highest BCUT2D eigenvalue weighted by Crippen LogP contribution is 2.20. The summed E-state index contributed by atoms with van der Waals surface area (Å²) in [6.07, 6.45) is -8.70. The number of hydrogen-bond donors (Lipinski definition) is 2. The summed E-state index contributed by atoms with van der Waals surface area (Å²) in [6, 6.07) is 0. The van der Waals surface area contributed by atoms with E-state index in [9.17, 15) is 39.0 Å². The van der Waals surface area contributed by atoms with Gasteiger partial charge >= 0.3 is 35.8 Å². The first-order valence-corrected chi connectivity index (χ1v) is 7.01. The molecule has 0 spiro atoms. The van der Waals surface area contributed by atoms with Gasteiger partial charge in [0, 0.05) is 27.7 Å². The highest BCUT2D eigenvalue weighted by molar-refractivity contribution is 5.81. The largest absolute Gasteiger partial charge is 0.478 e. The second-order valence-corrected chi connectivity index (χ2v) is 4.88. The number of carboxylic acid groups (broad SMARTS) is 2. The Morgan fingerprint density at radius 1 is 0.538 bits per heavy atom. The number of ether oxygens (including phenoxy) is 4. The van der Waals surface area contributed by atoms with Crippen LogP contribution in [0.3, 0.4) is 0 Å². The summed E-state index contributed by atoms with van der Waals surface area (Å²) in [5.74, 6) is -8.05. The molecule has 0 bridgehead atoms. The first-order valence-electron chi connectivity index (χ1n) is 7.01. The van der Waals surface area contributed by atoms with E-state index in [0.717, 1.165) is 27.7 Å². The Labute approximate surface area is 146 Å². The molecule has 0 aromatic carbocycles. The lowest BCUT2D eigenvalue weighted by molar-refractivity contribution is -0.206. The predicted molar refractivity (Wildman–Crippen MR) is 77.5 cm³/mol. The van der Waals surface area contributed by atoms with Crippen LogP contribution in [0.1, 0.15) is 27.7 Å². The normalized spacial score (nSPS) is 14.8. The highest BCUT2D eigenvalue weighted by Gasteiger charge is 2.49. The minimum absolute atomic E-state index is 0.850. The minimum atomic E-state index is -2.24. The van der Waals surface area contributed by atoms with Crippen LogP contribution in [0.25, 0.3) is 0 Å². The maximum absolute atomic E-state index is 11.4. The number of esters is 4. The Bertz CT molecular complexity index is 543. The summed E-state index contributed by atoms with van der Waals surface area (Å²) >= 11 is 0. The third kappa shape index (κ3) is 7.59. The summed E-state index contributed by atoms with van der Waals surface area (Å²) in [5, 5.41) is 18.5. The third-order valence-corrected chi connectivity index (χ3v) is 2.60. The molecule has 0 fully saturated rings. The van der Waals surface area contributed by atoms with Gasteiger partial charge in [0.15, 0.2) is 12.2 Å². The molecule has 2 N–H and O–H groups in total. The van der Waals surface area contributed by atoms with E-state index >= 15 is 0 Å². The summed E-state index contributed by atoms with van der Waals surface area (Å²) in [5.41, 5.74) is 0. The van der Waals surface area contributed by atoms with Crippen molar-refractivity contribution in [1.82, 2.24) is 0 Å². The van der Waals surface area contributed by atoms with Gasteiger partial charge in [0.1, 0.15) is 0 Å². The Morgan fingerprint density at radius 3 is 0.923 bits per heavy atom. The molecule has 0 aromatic heterocycles. The molecule has 0 saturated heterocycles. The minimum Gasteiger partial charge on any atom is -0.478 e. The van der Waals surface area contributed by atoms with Crippen LogP contribution in [0.2, 0.25) is 0 Å². The fraction of sp³-hybridized carbons (Fsp3) is 0.571. The van der Waals surface area contributed by atoms with Gasteiger partial charge in [-0.15, -0.1) is 0 Å². The third-order valence-electron chi connectivity index (χ3n) is 2.60. The zero-order chi connectivity index (χ0) is 20.6. The smallest absolute Gasteiger partial charge is 0.349 e. The zero-order valence-corrected chi connectivity index (χ0v) is 14.3. The van der Waals surface area contributed by atoms with Gasteiger partial charge in [-0.3, -0.25) is 19.2 Å². The van der Waals surface area contributed by atoms with E-state index in [2.05, 4.69) is 9.47 Å². The molecule has 0 aliphatic heterocycles. The Morgan fingerprint density at radius 2 is 0.769 bits per heavy atom. The SMILES string of the molecule is CC(=O)O[C@H]([C@H](OC(C)=O)[C@@H](OC(C)=O)C(=O)O)[C@@H](OC(C)=O)C(=O)O. The Balaban J connectivity index is 6.20. The second kappa shape index (κ2) is 9.96. The molecule has 12 nitrogen and oxygen atoms in total. The molecule has 0 radical (unpaired) electrons. The van der Waals surface area contributed by atoms with Crippen LogP contribution in [-0.2, 0) is 47.7 Å². The van der Waals surface area contributed by atoms with Gasteiger partial charge in [0.25, 0.3) is 0 Å². The molecule has 4 atom stereocenters. The molecule has 0 aliphatic rings. The molecule has 146 valence electrons. The topological polar surface area (TPSA) is 180 Å². The molecule has 0 heterocycles. The fourth-order valence-electron chi connectivity index (χ4n) is 1.86. The number of carbonyl (C=O) groups excluding carboxylic acids is 4. The molecular weight excluding hydrogens is 360 g/mol. The molecule has 26 heavy (non-hydrogen) atoms. The van der Waals surface area contributed by atoms with Crippen LogP contribution < -0.4 is 0 Å². The van der Waals surface area contributed by atoms with E-state index in [1.54, 1.807) is 0 Å². The van der Waals surface area contributed by atoms with Crippen molar-refractivity contribution < 1.29 is 57.9 Å². The molecule has 0 unspecified atom stereocenters. The van der Waals surface area contributed by atoms with Crippen molar-refractivity contribution in [2.45, 2.75) is 52.1 Å². The average Bonchev–Trinajstić information content (AvgIpc) is 2.44. The van der Waals surface area contributed by atoms with Crippen LogP contribution in [0.5, 0.6) is 0 Å². The zero-order valence-electron chi connectivity index (χ0n) is 14.3. The van der Waals surface area contributed by atoms with E-state index in [4.69, 9.17) is 9.47 Å². The lowest BCUT2D eigenvalue weighted by Gasteiger charge is -2.32. The van der Waals surface area contributed by atoms with Crippen LogP contribution in [0.4, 0.5) is 0 Å². The van der Waals surface area contributed by atoms with Gasteiger partial charge in [0.05, 0.1) is 0 Å².